The number of halogens is 3. The number of aromatic nitrogens is 2. The maximum Gasteiger partial charge on any atom is 0.418 e. The molecule has 0 fully saturated rings. The highest BCUT2D eigenvalue weighted by atomic mass is 19.4. The molecular weight excluding hydrogens is 243 g/mol. The Bertz CT molecular complexity index is 605. The Morgan fingerprint density at radius 1 is 1.41 bits per heavy atom. The van der Waals surface area contributed by atoms with E-state index in [0.29, 0.717) is 10.8 Å². The van der Waals surface area contributed by atoms with Crippen LogP contribution >= 0.6 is 0 Å². The summed E-state index contributed by atoms with van der Waals surface area (Å²) in [5, 5.41) is 19.7. The summed E-state index contributed by atoms with van der Waals surface area (Å²) in [6.07, 6.45) is -4.04. The molecule has 6 nitrogen and oxygen atoms in total. The van der Waals surface area contributed by atoms with E-state index in [1.165, 1.54) is 0 Å². The normalized spacial score (nSPS) is 11.9. The van der Waals surface area contributed by atoms with Gasteiger partial charge in [0.25, 0.3) is 5.69 Å². The molecule has 1 aromatic carbocycles. The Labute approximate surface area is 91.0 Å². The predicted octanol–water partition coefficient (Wildman–Crippen LogP) is 2.20. The zero-order valence-electron chi connectivity index (χ0n) is 7.97. The van der Waals surface area contributed by atoms with Crippen molar-refractivity contribution in [3.05, 3.63) is 34.1 Å². The highest BCUT2D eigenvalue weighted by molar-refractivity contribution is 5.82. The molecule has 17 heavy (non-hydrogen) atoms. The lowest BCUT2D eigenvalue weighted by Gasteiger charge is -2.07. The maximum absolute atomic E-state index is 12.6. The van der Waals surface area contributed by atoms with Gasteiger partial charge in [0, 0.05) is 12.1 Å². The second-order valence-corrected chi connectivity index (χ2v) is 3.21. The van der Waals surface area contributed by atoms with Crippen LogP contribution in [-0.2, 0) is 6.18 Å². The number of alkyl halides is 3. The van der Waals surface area contributed by atoms with Gasteiger partial charge in [-0.1, -0.05) is 0 Å². The van der Waals surface area contributed by atoms with Gasteiger partial charge in [-0.05, 0) is 0 Å². The Balaban J connectivity index is 2.85. The number of nitrogens with zero attached hydrogens (tertiary/aromatic N) is 3. The summed E-state index contributed by atoms with van der Waals surface area (Å²) in [6.45, 7) is 0. The summed E-state index contributed by atoms with van der Waals surface area (Å²) in [7, 11) is 0. The zero-order valence-corrected chi connectivity index (χ0v) is 7.97. The number of nitro benzene ring substituents is 1. The summed E-state index contributed by atoms with van der Waals surface area (Å²) in [4.78, 5) is 12.9. The van der Waals surface area contributed by atoms with Gasteiger partial charge < -0.3 is 5.21 Å². The molecule has 0 aliphatic heterocycles. The smallest absolute Gasteiger partial charge is 0.418 e. The van der Waals surface area contributed by atoms with Crippen LogP contribution in [0.5, 0.6) is 0 Å². The Hall–Kier alpha value is -2.32. The average Bonchev–Trinajstić information content (AvgIpc) is 2.58. The van der Waals surface area contributed by atoms with Crippen molar-refractivity contribution in [3.63, 3.8) is 0 Å². The lowest BCUT2D eigenvalue weighted by Crippen LogP contribution is -2.07. The third-order valence-corrected chi connectivity index (χ3v) is 2.13. The minimum atomic E-state index is -4.78. The molecule has 0 spiro atoms. The van der Waals surface area contributed by atoms with Crippen LogP contribution in [0.25, 0.3) is 11.0 Å². The molecule has 0 saturated carbocycles. The van der Waals surface area contributed by atoms with E-state index in [-0.39, 0.29) is 5.52 Å². The first-order valence-electron chi connectivity index (χ1n) is 4.22. The van der Waals surface area contributed by atoms with Crippen molar-refractivity contribution in [3.8, 4) is 0 Å². The quantitative estimate of drug-likeness (QED) is 0.475. The second kappa shape index (κ2) is 3.34. The molecule has 1 N–H and O–H groups in total. The number of fused-ring (bicyclic) bond motifs is 1. The first-order valence-corrected chi connectivity index (χ1v) is 4.22. The Morgan fingerprint density at radius 3 is 2.59 bits per heavy atom. The number of nitro groups is 1. The summed E-state index contributed by atoms with van der Waals surface area (Å²) >= 11 is 0. The van der Waals surface area contributed by atoms with E-state index in [9.17, 15) is 28.5 Å². The zero-order chi connectivity index (χ0) is 12.8. The molecule has 0 saturated heterocycles. The predicted molar refractivity (Wildman–Crippen MR) is 48.6 cm³/mol. The van der Waals surface area contributed by atoms with Gasteiger partial charge in [-0.2, -0.15) is 17.9 Å². The topological polar surface area (TPSA) is 81.2 Å². The van der Waals surface area contributed by atoms with Crippen molar-refractivity contribution in [2.45, 2.75) is 6.18 Å². The number of hydrogen-bond donors (Lipinski definition) is 1. The molecule has 2 aromatic rings. The van der Waals surface area contributed by atoms with Crippen molar-refractivity contribution >= 4 is 16.7 Å². The molecule has 0 aliphatic rings. The molecule has 90 valence electrons. The van der Waals surface area contributed by atoms with Crippen LogP contribution in [0.2, 0.25) is 0 Å². The molecule has 0 radical (unpaired) electrons. The van der Waals surface area contributed by atoms with Gasteiger partial charge in [-0.15, -0.1) is 0 Å². The fraction of sp³-hybridized carbons (Fsp3) is 0.125. The van der Waals surface area contributed by atoms with Crippen LogP contribution < -0.4 is 0 Å². The van der Waals surface area contributed by atoms with Crippen LogP contribution in [-0.4, -0.2) is 19.8 Å². The van der Waals surface area contributed by atoms with Gasteiger partial charge in [0.05, 0.1) is 10.5 Å². The maximum atomic E-state index is 12.6. The number of hydrogen-bond acceptors (Lipinski definition) is 4. The highest BCUT2D eigenvalue weighted by Crippen LogP contribution is 2.36. The van der Waals surface area contributed by atoms with Crippen LogP contribution in [0.1, 0.15) is 5.56 Å². The lowest BCUT2D eigenvalue weighted by atomic mass is 10.1. The van der Waals surface area contributed by atoms with Crippen molar-refractivity contribution in [2.75, 3.05) is 0 Å². The summed E-state index contributed by atoms with van der Waals surface area (Å²) in [6, 6.07) is 1.20. The van der Waals surface area contributed by atoms with Crippen molar-refractivity contribution in [1.82, 2.24) is 9.71 Å². The lowest BCUT2D eigenvalue weighted by molar-refractivity contribution is -0.385. The van der Waals surface area contributed by atoms with Crippen LogP contribution in [0.15, 0.2) is 18.5 Å². The molecular formula is C8H4F3N3O3. The molecule has 0 amide bonds. The molecule has 2 rings (SSSR count). The van der Waals surface area contributed by atoms with Gasteiger partial charge in [-0.25, -0.2) is 4.98 Å². The van der Waals surface area contributed by atoms with E-state index < -0.39 is 27.9 Å². The first kappa shape index (κ1) is 11.2. The molecule has 0 aliphatic carbocycles. The van der Waals surface area contributed by atoms with Crippen molar-refractivity contribution in [2.24, 2.45) is 0 Å². The van der Waals surface area contributed by atoms with Crippen LogP contribution in [0.3, 0.4) is 0 Å². The number of non-ortho nitro benzene ring substituents is 1. The van der Waals surface area contributed by atoms with Crippen molar-refractivity contribution in [1.29, 1.82) is 0 Å². The molecule has 9 heteroatoms. The van der Waals surface area contributed by atoms with E-state index in [0.717, 1.165) is 12.4 Å². The average molecular weight is 247 g/mol. The van der Waals surface area contributed by atoms with Gasteiger partial charge in [0.2, 0.25) is 0 Å². The van der Waals surface area contributed by atoms with Gasteiger partial charge in [-0.3, -0.25) is 10.1 Å². The molecule has 0 unspecified atom stereocenters. The van der Waals surface area contributed by atoms with Crippen LogP contribution in [0, 0.1) is 10.1 Å². The summed E-state index contributed by atoms with van der Waals surface area (Å²) in [5.41, 5.74) is -2.92. The molecule has 1 heterocycles. The number of rotatable bonds is 1. The second-order valence-electron chi connectivity index (χ2n) is 3.21. The van der Waals surface area contributed by atoms with E-state index in [2.05, 4.69) is 4.98 Å². The largest absolute Gasteiger partial charge is 0.427 e. The van der Waals surface area contributed by atoms with E-state index >= 15 is 0 Å². The van der Waals surface area contributed by atoms with Crippen molar-refractivity contribution < 1.29 is 23.3 Å². The number of benzene rings is 1. The molecule has 1 aromatic heterocycles. The highest BCUT2D eigenvalue weighted by Gasteiger charge is 2.36. The van der Waals surface area contributed by atoms with Gasteiger partial charge in [0.1, 0.15) is 17.4 Å². The van der Waals surface area contributed by atoms with E-state index in [1.54, 1.807) is 0 Å². The first-order chi connectivity index (χ1) is 7.80. The summed E-state index contributed by atoms with van der Waals surface area (Å²) < 4.78 is 38.2. The minimum absolute atomic E-state index is 0.303. The van der Waals surface area contributed by atoms with Crippen LogP contribution in [0.4, 0.5) is 18.9 Å². The van der Waals surface area contributed by atoms with E-state index in [1.807, 2.05) is 0 Å². The number of imidazole rings is 1. The third kappa shape index (κ3) is 1.75. The van der Waals surface area contributed by atoms with Gasteiger partial charge >= 0.3 is 6.18 Å². The summed E-state index contributed by atoms with van der Waals surface area (Å²) in [5.74, 6) is 0. The third-order valence-electron chi connectivity index (χ3n) is 2.13. The standard InChI is InChI=1S/C8H4F3N3O3/c9-8(10,11)5-1-4(14(16)17)2-6-7(5)12-3-13(6)15/h1-3,15H. The molecule has 0 atom stereocenters. The fourth-order valence-electron chi connectivity index (χ4n) is 1.41. The SMILES string of the molecule is O=[N+]([O-])c1cc(C(F)(F)F)c2ncn(O)c2c1. The Kier molecular flexibility index (Phi) is 2.19. The van der Waals surface area contributed by atoms with Gasteiger partial charge in [0.15, 0.2) is 0 Å². The molecule has 0 bridgehead atoms. The van der Waals surface area contributed by atoms with E-state index in [4.69, 9.17) is 0 Å². The minimum Gasteiger partial charge on any atom is -0.427 e. The Morgan fingerprint density at radius 2 is 2.06 bits per heavy atom. The fourth-order valence-corrected chi connectivity index (χ4v) is 1.41. The monoisotopic (exact) mass is 247 g/mol.